The van der Waals surface area contributed by atoms with Crippen LogP contribution in [0.1, 0.15) is 34.1 Å². The number of carbonyl (C=O) groups is 1. The van der Waals surface area contributed by atoms with E-state index in [1.54, 1.807) is 6.92 Å². The van der Waals surface area contributed by atoms with Crippen LogP contribution < -0.4 is 0 Å². The molecule has 0 heterocycles. The third-order valence-electron chi connectivity index (χ3n) is 4.32. The first kappa shape index (κ1) is 15.8. The summed E-state index contributed by atoms with van der Waals surface area (Å²) in [5, 5.41) is 19.7. The van der Waals surface area contributed by atoms with Crippen molar-refractivity contribution in [3.05, 3.63) is 0 Å². The van der Waals surface area contributed by atoms with Gasteiger partial charge in [-0.05, 0) is 24.6 Å². The molecule has 4 nitrogen and oxygen atoms in total. The Morgan fingerprint density at radius 2 is 1.78 bits per heavy atom. The van der Waals surface area contributed by atoms with Crippen LogP contribution in [0.3, 0.4) is 0 Å². The van der Waals surface area contributed by atoms with Crippen LogP contribution in [0.2, 0.25) is 18.1 Å². The Bertz CT molecular complexity index is 321. The average Bonchev–Trinajstić information content (AvgIpc) is 2.21. The highest BCUT2D eigenvalue weighted by molar-refractivity contribution is 6.74. The molecular formula is C13H26O4Si. The van der Waals surface area contributed by atoms with E-state index in [1.807, 2.05) is 0 Å². The monoisotopic (exact) mass is 274 g/mol. The lowest BCUT2D eigenvalue weighted by Crippen LogP contribution is -2.56. The number of aliphatic hydroxyl groups excluding tert-OH is 2. The maximum absolute atomic E-state index is 11.6. The fraction of sp³-hybridized carbons (Fsp3) is 0.923. The number of Topliss-reactive ketones (excluding diaryl/α,β-unsaturated/α-hetero) is 1. The third-order valence-corrected chi connectivity index (χ3v) is 8.82. The van der Waals surface area contributed by atoms with Crippen molar-refractivity contribution in [2.45, 2.75) is 70.6 Å². The van der Waals surface area contributed by atoms with E-state index < -0.39 is 26.6 Å². The zero-order valence-corrected chi connectivity index (χ0v) is 13.2. The van der Waals surface area contributed by atoms with E-state index >= 15 is 0 Å². The molecule has 18 heavy (non-hydrogen) atoms. The first-order valence-corrected chi connectivity index (χ1v) is 9.46. The van der Waals surface area contributed by atoms with Crippen LogP contribution in [0.25, 0.3) is 0 Å². The number of ketones is 1. The van der Waals surface area contributed by atoms with Crippen LogP contribution in [-0.4, -0.2) is 42.6 Å². The Labute approximate surface area is 110 Å². The summed E-state index contributed by atoms with van der Waals surface area (Å²) in [6.07, 6.45) is -2.34. The molecular weight excluding hydrogens is 248 g/mol. The Morgan fingerprint density at radius 3 is 2.22 bits per heavy atom. The van der Waals surface area contributed by atoms with Gasteiger partial charge in [0, 0.05) is 5.92 Å². The van der Waals surface area contributed by atoms with Gasteiger partial charge in [0.15, 0.2) is 14.1 Å². The molecule has 0 radical (unpaired) electrons. The summed E-state index contributed by atoms with van der Waals surface area (Å²) in [5.41, 5.74) is 0. The number of carbonyl (C=O) groups excluding carboxylic acids is 1. The average molecular weight is 274 g/mol. The van der Waals surface area contributed by atoms with Crippen LogP contribution in [-0.2, 0) is 9.22 Å². The summed E-state index contributed by atoms with van der Waals surface area (Å²) in [6.45, 7) is 12.4. The molecule has 2 N–H and O–H groups in total. The molecule has 0 aromatic heterocycles. The Hall–Kier alpha value is -0.233. The number of rotatable bonds is 2. The van der Waals surface area contributed by atoms with Crippen LogP contribution in [0.4, 0.5) is 0 Å². The SMILES string of the molecule is C[C@H]1C[C@@H](O[Si](C)(C)C(C)(C)C)[C@@H](O)[C@@H](O)C1=O. The Kier molecular flexibility index (Phi) is 4.43. The van der Waals surface area contributed by atoms with Crippen molar-refractivity contribution in [3.63, 3.8) is 0 Å². The maximum atomic E-state index is 11.6. The zero-order valence-electron chi connectivity index (χ0n) is 12.2. The first-order chi connectivity index (χ1) is 7.97. The molecule has 0 amide bonds. The van der Waals surface area contributed by atoms with Crippen molar-refractivity contribution in [1.82, 2.24) is 0 Å². The molecule has 0 aliphatic heterocycles. The highest BCUT2D eigenvalue weighted by Crippen LogP contribution is 2.39. The Morgan fingerprint density at radius 1 is 1.28 bits per heavy atom. The fourth-order valence-electron chi connectivity index (χ4n) is 1.94. The van der Waals surface area contributed by atoms with E-state index in [9.17, 15) is 15.0 Å². The van der Waals surface area contributed by atoms with Crippen LogP contribution in [0.15, 0.2) is 0 Å². The van der Waals surface area contributed by atoms with E-state index in [4.69, 9.17) is 4.43 Å². The molecule has 0 unspecified atom stereocenters. The number of hydrogen-bond acceptors (Lipinski definition) is 4. The van der Waals surface area contributed by atoms with E-state index in [1.165, 1.54) is 0 Å². The second kappa shape index (κ2) is 5.04. The molecule has 0 aromatic rings. The summed E-state index contributed by atoms with van der Waals surface area (Å²) >= 11 is 0. The lowest BCUT2D eigenvalue weighted by molar-refractivity contribution is -0.151. The summed E-state index contributed by atoms with van der Waals surface area (Å²) < 4.78 is 6.12. The zero-order chi connectivity index (χ0) is 14.3. The van der Waals surface area contributed by atoms with Gasteiger partial charge >= 0.3 is 0 Å². The minimum absolute atomic E-state index is 0.0440. The van der Waals surface area contributed by atoms with Crippen molar-refractivity contribution in [3.8, 4) is 0 Å². The highest BCUT2D eigenvalue weighted by Gasteiger charge is 2.46. The van der Waals surface area contributed by atoms with E-state index in [0.29, 0.717) is 6.42 Å². The van der Waals surface area contributed by atoms with Gasteiger partial charge in [0.2, 0.25) is 0 Å². The van der Waals surface area contributed by atoms with Gasteiger partial charge in [-0.25, -0.2) is 0 Å². The molecule has 0 aromatic carbocycles. The molecule has 1 fully saturated rings. The lowest BCUT2D eigenvalue weighted by Gasteiger charge is -2.43. The van der Waals surface area contributed by atoms with Gasteiger partial charge in [0.25, 0.3) is 0 Å². The van der Waals surface area contributed by atoms with E-state index in [-0.39, 0.29) is 16.7 Å². The van der Waals surface area contributed by atoms with Gasteiger partial charge < -0.3 is 14.6 Å². The number of aliphatic hydroxyl groups is 2. The van der Waals surface area contributed by atoms with Crippen LogP contribution in [0, 0.1) is 5.92 Å². The Balaban J connectivity index is 2.82. The minimum atomic E-state index is -2.00. The van der Waals surface area contributed by atoms with Crippen molar-refractivity contribution < 1.29 is 19.4 Å². The highest BCUT2D eigenvalue weighted by atomic mass is 28.4. The molecule has 0 bridgehead atoms. The van der Waals surface area contributed by atoms with Gasteiger partial charge in [-0.2, -0.15) is 0 Å². The van der Waals surface area contributed by atoms with Crippen LogP contribution >= 0.6 is 0 Å². The van der Waals surface area contributed by atoms with Gasteiger partial charge in [-0.1, -0.05) is 27.7 Å². The second-order valence-electron chi connectivity index (χ2n) is 6.89. The molecule has 1 aliphatic carbocycles. The number of hydrogen-bond donors (Lipinski definition) is 2. The molecule has 1 aliphatic rings. The lowest BCUT2D eigenvalue weighted by atomic mass is 9.83. The molecule has 1 rings (SSSR count). The molecule has 0 saturated heterocycles. The first-order valence-electron chi connectivity index (χ1n) is 6.55. The van der Waals surface area contributed by atoms with Crippen molar-refractivity contribution in [2.75, 3.05) is 0 Å². The maximum Gasteiger partial charge on any atom is 0.192 e. The predicted octanol–water partition coefficient (Wildman–Crippen LogP) is 1.71. The summed E-state index contributed by atoms with van der Waals surface area (Å²) in [5.74, 6) is -0.532. The second-order valence-corrected chi connectivity index (χ2v) is 11.6. The minimum Gasteiger partial charge on any atom is -0.411 e. The van der Waals surface area contributed by atoms with Crippen molar-refractivity contribution >= 4 is 14.1 Å². The summed E-state index contributed by atoms with van der Waals surface area (Å²) in [4.78, 5) is 11.6. The summed E-state index contributed by atoms with van der Waals surface area (Å²) in [7, 11) is -2.00. The fourth-order valence-corrected chi connectivity index (χ4v) is 3.29. The topological polar surface area (TPSA) is 66.8 Å². The standard InChI is InChI=1S/C13H26O4Si/c1-8-7-9(11(15)12(16)10(8)14)17-18(5,6)13(2,3)4/h8-9,11-12,15-16H,7H2,1-6H3/t8-,9+,11+,12-/m0/s1. The molecule has 5 heteroatoms. The van der Waals surface area contributed by atoms with Gasteiger partial charge in [0.05, 0.1) is 6.10 Å². The largest absolute Gasteiger partial charge is 0.411 e. The van der Waals surface area contributed by atoms with Gasteiger partial charge in [-0.15, -0.1) is 0 Å². The smallest absolute Gasteiger partial charge is 0.192 e. The molecule has 4 atom stereocenters. The molecule has 0 spiro atoms. The van der Waals surface area contributed by atoms with Crippen LogP contribution in [0.5, 0.6) is 0 Å². The van der Waals surface area contributed by atoms with Gasteiger partial charge in [-0.3, -0.25) is 4.79 Å². The van der Waals surface area contributed by atoms with Crippen molar-refractivity contribution in [2.24, 2.45) is 5.92 Å². The molecule has 1 saturated carbocycles. The third kappa shape index (κ3) is 3.02. The molecule has 106 valence electrons. The van der Waals surface area contributed by atoms with Gasteiger partial charge in [0.1, 0.15) is 12.2 Å². The summed E-state index contributed by atoms with van der Waals surface area (Å²) in [6, 6.07) is 0. The van der Waals surface area contributed by atoms with E-state index in [0.717, 1.165) is 0 Å². The van der Waals surface area contributed by atoms with E-state index in [2.05, 4.69) is 33.9 Å². The predicted molar refractivity (Wildman–Crippen MR) is 72.9 cm³/mol. The van der Waals surface area contributed by atoms with Crippen molar-refractivity contribution in [1.29, 1.82) is 0 Å². The quantitative estimate of drug-likeness (QED) is 0.752. The normalized spacial score (nSPS) is 34.8.